The van der Waals surface area contributed by atoms with Gasteiger partial charge in [-0.05, 0) is 30.9 Å². The van der Waals surface area contributed by atoms with Crippen molar-refractivity contribution in [1.29, 1.82) is 0 Å². The normalized spacial score (nSPS) is 11.0. The number of nitrogens with two attached hydrogens (primary N) is 1. The predicted octanol–water partition coefficient (Wildman–Crippen LogP) is 1.76. The number of ketones is 1. The van der Waals surface area contributed by atoms with E-state index in [1.165, 1.54) is 0 Å². The number of nitrogens with one attached hydrogen (secondary N) is 2. The van der Waals surface area contributed by atoms with Crippen LogP contribution in [0.5, 0.6) is 0 Å². The van der Waals surface area contributed by atoms with Crippen molar-refractivity contribution in [2.75, 3.05) is 12.3 Å². The molecule has 3 rings (SSSR count). The van der Waals surface area contributed by atoms with Gasteiger partial charge in [0.2, 0.25) is 5.78 Å². The highest BCUT2D eigenvalue weighted by Crippen LogP contribution is 2.19. The fourth-order valence-electron chi connectivity index (χ4n) is 3.35. The van der Waals surface area contributed by atoms with Crippen LogP contribution in [0.4, 0.5) is 5.82 Å². The fraction of sp³-hybridized carbons (Fsp3) is 0.333. The molecule has 2 heterocycles. The highest BCUT2D eigenvalue weighted by Gasteiger charge is 2.20. The Labute approximate surface area is 171 Å². The molecule has 30 heavy (non-hydrogen) atoms. The molecule has 158 valence electrons. The first kappa shape index (κ1) is 21.1. The van der Waals surface area contributed by atoms with Gasteiger partial charge < -0.3 is 15.5 Å². The summed E-state index contributed by atoms with van der Waals surface area (Å²) in [5.41, 5.74) is 6.05. The molecule has 9 heteroatoms. The van der Waals surface area contributed by atoms with Gasteiger partial charge in [-0.2, -0.15) is 0 Å². The molecule has 0 aliphatic carbocycles. The van der Waals surface area contributed by atoms with Gasteiger partial charge in [-0.15, -0.1) is 0 Å². The number of nitrogen functional groups attached to an aromatic ring is 1. The molecule has 0 saturated heterocycles. The van der Waals surface area contributed by atoms with E-state index in [0.717, 1.165) is 21.0 Å². The molecule has 0 atom stereocenters. The van der Waals surface area contributed by atoms with Gasteiger partial charge >= 0.3 is 11.7 Å². The number of esters is 1. The molecule has 0 aliphatic rings. The number of carbonyl (C=O) groups is 2. The number of carbonyl (C=O) groups excluding carboxylic acids is 2. The number of anilines is 1. The van der Waals surface area contributed by atoms with E-state index >= 15 is 0 Å². The third kappa shape index (κ3) is 4.51. The number of rotatable bonds is 9. The Kier molecular flexibility index (Phi) is 6.51. The molecule has 2 aromatic heterocycles. The minimum absolute atomic E-state index is 0.133. The summed E-state index contributed by atoms with van der Waals surface area (Å²) >= 11 is 0. The van der Waals surface area contributed by atoms with E-state index in [0.29, 0.717) is 19.3 Å². The Bertz CT molecular complexity index is 1190. The summed E-state index contributed by atoms with van der Waals surface area (Å²) in [7, 11) is 0. The lowest BCUT2D eigenvalue weighted by Crippen LogP contribution is -2.37. The number of hydrogen-bond acceptors (Lipinski definition) is 6. The Morgan fingerprint density at radius 3 is 2.73 bits per heavy atom. The van der Waals surface area contributed by atoms with Gasteiger partial charge in [-0.1, -0.05) is 25.1 Å². The molecule has 0 spiro atoms. The zero-order valence-corrected chi connectivity index (χ0v) is 16.7. The zero-order valence-electron chi connectivity index (χ0n) is 16.7. The second-order valence-electron chi connectivity index (χ2n) is 6.97. The highest BCUT2D eigenvalue weighted by atomic mass is 16.5. The molecular formula is C21H24N4O5. The Morgan fingerprint density at radius 1 is 1.20 bits per heavy atom. The third-order valence-corrected chi connectivity index (χ3v) is 4.83. The van der Waals surface area contributed by atoms with Crippen molar-refractivity contribution in [2.45, 2.75) is 39.2 Å². The molecular weight excluding hydrogens is 388 g/mol. The van der Waals surface area contributed by atoms with Crippen molar-refractivity contribution in [3.8, 4) is 0 Å². The maximum atomic E-state index is 12.4. The Morgan fingerprint density at radius 2 is 1.97 bits per heavy atom. The first-order chi connectivity index (χ1) is 14.4. The summed E-state index contributed by atoms with van der Waals surface area (Å²) in [6.45, 7) is 1.48. The van der Waals surface area contributed by atoms with Crippen molar-refractivity contribution >= 4 is 28.5 Å². The van der Waals surface area contributed by atoms with Crippen LogP contribution in [0.2, 0.25) is 0 Å². The molecule has 0 bridgehead atoms. The molecule has 9 nitrogen and oxygen atoms in total. The number of aryl methyl sites for hydroxylation is 1. The molecule has 1 aromatic carbocycles. The van der Waals surface area contributed by atoms with E-state index in [-0.39, 0.29) is 24.3 Å². The van der Waals surface area contributed by atoms with Gasteiger partial charge in [0, 0.05) is 30.1 Å². The molecule has 0 saturated carbocycles. The van der Waals surface area contributed by atoms with E-state index in [9.17, 15) is 19.2 Å². The van der Waals surface area contributed by atoms with E-state index in [4.69, 9.17) is 10.5 Å². The number of H-pyrrole nitrogens is 2. The summed E-state index contributed by atoms with van der Waals surface area (Å²) in [6, 6.07) is 7.90. The van der Waals surface area contributed by atoms with E-state index in [2.05, 4.69) is 9.97 Å². The summed E-state index contributed by atoms with van der Waals surface area (Å²) < 4.78 is 6.14. The van der Waals surface area contributed by atoms with E-state index in [1.807, 2.05) is 37.4 Å². The van der Waals surface area contributed by atoms with Gasteiger partial charge in [-0.3, -0.25) is 23.9 Å². The van der Waals surface area contributed by atoms with Crippen LogP contribution in [0.1, 0.15) is 42.1 Å². The lowest BCUT2D eigenvalue weighted by Gasteiger charge is -2.11. The van der Waals surface area contributed by atoms with Crippen molar-refractivity contribution in [1.82, 2.24) is 14.5 Å². The Balaban J connectivity index is 1.56. The molecule has 0 unspecified atom stereocenters. The minimum atomic E-state index is -0.884. The molecule has 4 N–H and O–H groups in total. The summed E-state index contributed by atoms with van der Waals surface area (Å²) in [5, 5.41) is 1.11. The van der Waals surface area contributed by atoms with Crippen molar-refractivity contribution in [3.63, 3.8) is 0 Å². The van der Waals surface area contributed by atoms with E-state index < -0.39 is 29.6 Å². The molecule has 0 aliphatic heterocycles. The predicted molar refractivity (Wildman–Crippen MR) is 113 cm³/mol. The molecule has 0 radical (unpaired) electrons. The first-order valence-corrected chi connectivity index (χ1v) is 9.78. The van der Waals surface area contributed by atoms with Crippen LogP contribution in [0.25, 0.3) is 10.9 Å². The Hall–Kier alpha value is -3.62. The van der Waals surface area contributed by atoms with Crippen LogP contribution in [-0.2, 0) is 22.5 Å². The number of hydrogen-bond donors (Lipinski definition) is 3. The van der Waals surface area contributed by atoms with Crippen molar-refractivity contribution in [3.05, 3.63) is 62.4 Å². The number of ether oxygens (including phenoxy) is 1. The van der Waals surface area contributed by atoms with Gasteiger partial charge in [0.05, 0.1) is 0 Å². The highest BCUT2D eigenvalue weighted by molar-refractivity contribution is 6.01. The second kappa shape index (κ2) is 9.25. The lowest BCUT2D eigenvalue weighted by molar-refractivity contribution is -0.142. The monoisotopic (exact) mass is 412 g/mol. The maximum absolute atomic E-state index is 12.4. The van der Waals surface area contributed by atoms with E-state index in [1.54, 1.807) is 0 Å². The van der Waals surface area contributed by atoms with Gasteiger partial charge in [0.25, 0.3) is 5.56 Å². The lowest BCUT2D eigenvalue weighted by atomic mass is 10.1. The third-order valence-electron chi connectivity index (χ3n) is 4.83. The van der Waals surface area contributed by atoms with Crippen LogP contribution in [0.15, 0.2) is 40.1 Å². The van der Waals surface area contributed by atoms with Crippen LogP contribution in [-0.4, -0.2) is 32.9 Å². The van der Waals surface area contributed by atoms with Crippen LogP contribution in [0.3, 0.4) is 0 Å². The van der Waals surface area contributed by atoms with Gasteiger partial charge in [-0.25, -0.2) is 4.79 Å². The number of fused-ring (bicyclic) bond motifs is 1. The number of aromatic amines is 2. The standard InChI is InChI=1S/C21H24N4O5/c1-2-10-25-19(22)18(20(28)24-21(25)29)16(26)12-30-17(27)9-5-6-13-11-23-15-8-4-3-7-14(13)15/h3-4,7-8,11,23H,2,5-6,9-10,12,22H2,1H3,(H,24,28,29). The average molecular weight is 412 g/mol. The number of para-hydroxylation sites is 1. The minimum Gasteiger partial charge on any atom is -0.457 e. The number of benzene rings is 1. The van der Waals surface area contributed by atoms with Crippen LogP contribution >= 0.6 is 0 Å². The quantitative estimate of drug-likeness (QED) is 0.361. The van der Waals surface area contributed by atoms with Crippen molar-refractivity contribution < 1.29 is 14.3 Å². The fourth-order valence-corrected chi connectivity index (χ4v) is 3.35. The summed E-state index contributed by atoms with van der Waals surface area (Å²) in [6.07, 6.45) is 3.88. The number of Topliss-reactive ketones (excluding diaryl/α,β-unsaturated/α-hetero) is 1. The van der Waals surface area contributed by atoms with Gasteiger partial charge in [0.1, 0.15) is 11.4 Å². The van der Waals surface area contributed by atoms with Crippen LogP contribution < -0.4 is 17.0 Å². The summed E-state index contributed by atoms with van der Waals surface area (Å²) in [5.74, 6) is -1.50. The number of nitrogens with zero attached hydrogens (tertiary/aromatic N) is 1. The van der Waals surface area contributed by atoms with Gasteiger partial charge in [0.15, 0.2) is 6.61 Å². The van der Waals surface area contributed by atoms with Crippen molar-refractivity contribution in [2.24, 2.45) is 0 Å². The molecule has 0 fully saturated rings. The van der Waals surface area contributed by atoms with Crippen LogP contribution in [0, 0.1) is 0 Å². The smallest absolute Gasteiger partial charge is 0.329 e. The first-order valence-electron chi connectivity index (χ1n) is 9.78. The number of aromatic nitrogens is 3. The zero-order chi connectivity index (χ0) is 21.7. The molecule has 0 amide bonds. The summed E-state index contributed by atoms with van der Waals surface area (Å²) in [4.78, 5) is 53.5. The SMILES string of the molecule is CCCn1c(N)c(C(=O)COC(=O)CCCc2c[nH]c3ccccc23)c(=O)[nH]c1=O. The topological polar surface area (TPSA) is 140 Å². The maximum Gasteiger partial charge on any atom is 0.329 e. The average Bonchev–Trinajstić information content (AvgIpc) is 3.12. The molecule has 3 aromatic rings. The largest absolute Gasteiger partial charge is 0.457 e. The second-order valence-corrected chi connectivity index (χ2v) is 6.97.